The predicted molar refractivity (Wildman–Crippen MR) is 73.4 cm³/mol. The molecule has 18 heavy (non-hydrogen) atoms. The van der Waals surface area contributed by atoms with E-state index in [1.165, 1.54) is 11.3 Å². The first kappa shape index (κ1) is 12.5. The van der Waals surface area contributed by atoms with E-state index in [1.807, 2.05) is 25.9 Å². The molecule has 5 nitrogen and oxygen atoms in total. The Kier molecular flexibility index (Phi) is 3.57. The lowest BCUT2D eigenvalue weighted by atomic mass is 10.2. The van der Waals surface area contributed by atoms with Crippen LogP contribution in [-0.2, 0) is 0 Å². The minimum absolute atomic E-state index is 0.171. The Hall–Kier alpha value is -1.95. The van der Waals surface area contributed by atoms with Crippen molar-refractivity contribution in [3.05, 3.63) is 35.0 Å². The van der Waals surface area contributed by atoms with Gasteiger partial charge < -0.3 is 4.90 Å². The molecular formula is C12H14N4OS. The van der Waals surface area contributed by atoms with E-state index >= 15 is 0 Å². The van der Waals surface area contributed by atoms with E-state index in [9.17, 15) is 4.79 Å². The number of pyridine rings is 1. The summed E-state index contributed by atoms with van der Waals surface area (Å²) in [5.41, 5.74) is 0.571. The van der Waals surface area contributed by atoms with Gasteiger partial charge in [-0.1, -0.05) is 0 Å². The van der Waals surface area contributed by atoms with Gasteiger partial charge in [0.15, 0.2) is 5.13 Å². The van der Waals surface area contributed by atoms with Gasteiger partial charge in [0.05, 0.1) is 0 Å². The maximum absolute atomic E-state index is 12.0. The van der Waals surface area contributed by atoms with E-state index in [-0.39, 0.29) is 5.91 Å². The van der Waals surface area contributed by atoms with Gasteiger partial charge in [-0.3, -0.25) is 10.1 Å². The van der Waals surface area contributed by atoms with Crippen LogP contribution in [0.4, 0.5) is 10.9 Å². The Morgan fingerprint density at radius 3 is 2.78 bits per heavy atom. The highest BCUT2D eigenvalue weighted by Crippen LogP contribution is 2.18. The lowest BCUT2D eigenvalue weighted by Gasteiger charge is -2.11. The number of nitrogens with zero attached hydrogens (tertiary/aromatic N) is 3. The molecule has 0 bridgehead atoms. The fourth-order valence-corrected chi connectivity index (χ4v) is 2.05. The molecule has 1 N–H and O–H groups in total. The van der Waals surface area contributed by atoms with Crippen molar-refractivity contribution in [1.82, 2.24) is 9.97 Å². The smallest absolute Gasteiger partial charge is 0.257 e. The van der Waals surface area contributed by atoms with Crippen molar-refractivity contribution < 1.29 is 4.79 Å². The fourth-order valence-electron chi connectivity index (χ4n) is 1.39. The molecule has 0 fully saturated rings. The second-order valence-electron chi connectivity index (χ2n) is 4.03. The summed E-state index contributed by atoms with van der Waals surface area (Å²) in [5, 5.41) is 3.38. The quantitative estimate of drug-likeness (QED) is 0.921. The summed E-state index contributed by atoms with van der Waals surface area (Å²) in [4.78, 5) is 23.2. The first-order valence-corrected chi connectivity index (χ1v) is 6.25. The number of anilines is 2. The molecule has 94 valence electrons. The second kappa shape index (κ2) is 5.14. The lowest BCUT2D eigenvalue weighted by Crippen LogP contribution is -2.15. The second-order valence-corrected chi connectivity index (χ2v) is 5.26. The van der Waals surface area contributed by atoms with Crippen LogP contribution < -0.4 is 10.2 Å². The van der Waals surface area contributed by atoms with Gasteiger partial charge in [-0.05, 0) is 19.1 Å². The van der Waals surface area contributed by atoms with Crippen molar-refractivity contribution in [2.75, 3.05) is 24.3 Å². The zero-order valence-electron chi connectivity index (χ0n) is 10.5. The van der Waals surface area contributed by atoms with Crippen molar-refractivity contribution in [1.29, 1.82) is 0 Å². The molecule has 6 heteroatoms. The van der Waals surface area contributed by atoms with Crippen LogP contribution in [0.25, 0.3) is 0 Å². The maximum Gasteiger partial charge on any atom is 0.257 e. The number of hydrogen-bond donors (Lipinski definition) is 1. The van der Waals surface area contributed by atoms with Gasteiger partial charge in [0, 0.05) is 36.9 Å². The number of thiazole rings is 1. The number of amides is 1. The molecule has 2 aromatic rings. The number of rotatable bonds is 3. The monoisotopic (exact) mass is 262 g/mol. The zero-order valence-corrected chi connectivity index (χ0v) is 11.3. The standard InChI is InChI=1S/C12H14N4OS/c1-8-7-14-12(18-8)15-11(17)9-4-5-13-10(6-9)16(2)3/h4-7H,1-3H3,(H,14,15,17). The summed E-state index contributed by atoms with van der Waals surface area (Å²) in [7, 11) is 3.77. The Morgan fingerprint density at radius 2 is 2.17 bits per heavy atom. The average molecular weight is 262 g/mol. The van der Waals surface area contributed by atoms with Crippen LogP contribution in [0.5, 0.6) is 0 Å². The third-order valence-corrected chi connectivity index (χ3v) is 3.14. The third kappa shape index (κ3) is 2.84. The Labute approximate surface area is 109 Å². The van der Waals surface area contributed by atoms with Crippen molar-refractivity contribution in [2.24, 2.45) is 0 Å². The van der Waals surface area contributed by atoms with E-state index in [0.717, 1.165) is 10.7 Å². The van der Waals surface area contributed by atoms with E-state index < -0.39 is 0 Å². The van der Waals surface area contributed by atoms with Gasteiger partial charge in [-0.2, -0.15) is 0 Å². The average Bonchev–Trinajstić information content (AvgIpc) is 2.75. The molecule has 0 atom stereocenters. The van der Waals surface area contributed by atoms with Crippen molar-refractivity contribution in [2.45, 2.75) is 6.92 Å². The van der Waals surface area contributed by atoms with Crippen LogP contribution in [-0.4, -0.2) is 30.0 Å². The SMILES string of the molecule is Cc1cnc(NC(=O)c2ccnc(N(C)C)c2)s1. The van der Waals surface area contributed by atoms with Crippen molar-refractivity contribution in [3.63, 3.8) is 0 Å². The van der Waals surface area contributed by atoms with Crippen LogP contribution in [0.15, 0.2) is 24.5 Å². The van der Waals surface area contributed by atoms with Crippen LogP contribution in [0.3, 0.4) is 0 Å². The van der Waals surface area contributed by atoms with Crippen LogP contribution in [0, 0.1) is 6.92 Å². The molecule has 0 aliphatic rings. The summed E-state index contributed by atoms with van der Waals surface area (Å²) in [6.45, 7) is 1.95. The van der Waals surface area contributed by atoms with E-state index in [4.69, 9.17) is 0 Å². The van der Waals surface area contributed by atoms with Crippen LogP contribution >= 0.6 is 11.3 Å². The van der Waals surface area contributed by atoms with Crippen molar-refractivity contribution >= 4 is 28.2 Å². The highest BCUT2D eigenvalue weighted by Gasteiger charge is 2.09. The molecule has 0 unspecified atom stereocenters. The minimum Gasteiger partial charge on any atom is -0.363 e. The van der Waals surface area contributed by atoms with Gasteiger partial charge in [0.2, 0.25) is 0 Å². The molecule has 0 saturated carbocycles. The molecule has 2 aromatic heterocycles. The summed E-state index contributed by atoms with van der Waals surface area (Å²) in [6.07, 6.45) is 3.36. The highest BCUT2D eigenvalue weighted by atomic mass is 32.1. The van der Waals surface area contributed by atoms with Gasteiger partial charge in [0.1, 0.15) is 5.82 Å². The summed E-state index contributed by atoms with van der Waals surface area (Å²) in [6, 6.07) is 3.43. The Morgan fingerprint density at radius 1 is 1.39 bits per heavy atom. The molecule has 0 aliphatic heterocycles. The van der Waals surface area contributed by atoms with Crippen LogP contribution in [0.1, 0.15) is 15.2 Å². The summed E-state index contributed by atoms with van der Waals surface area (Å²) >= 11 is 1.45. The summed E-state index contributed by atoms with van der Waals surface area (Å²) < 4.78 is 0. The van der Waals surface area contributed by atoms with Gasteiger partial charge in [0.25, 0.3) is 5.91 Å². The highest BCUT2D eigenvalue weighted by molar-refractivity contribution is 7.15. The van der Waals surface area contributed by atoms with E-state index in [0.29, 0.717) is 10.7 Å². The minimum atomic E-state index is -0.171. The number of carbonyl (C=O) groups is 1. The molecule has 0 aromatic carbocycles. The molecule has 0 radical (unpaired) electrons. The molecular weight excluding hydrogens is 248 g/mol. The molecule has 2 heterocycles. The van der Waals surface area contributed by atoms with Crippen molar-refractivity contribution in [3.8, 4) is 0 Å². The fraction of sp³-hybridized carbons (Fsp3) is 0.250. The Balaban J connectivity index is 2.16. The molecule has 0 spiro atoms. The van der Waals surface area contributed by atoms with E-state index in [2.05, 4.69) is 15.3 Å². The number of nitrogens with one attached hydrogen (secondary N) is 1. The first-order chi connectivity index (χ1) is 8.56. The number of carbonyl (C=O) groups excluding carboxylic acids is 1. The molecule has 2 rings (SSSR count). The van der Waals surface area contributed by atoms with E-state index in [1.54, 1.807) is 24.5 Å². The normalized spacial score (nSPS) is 10.2. The zero-order chi connectivity index (χ0) is 13.1. The van der Waals surface area contributed by atoms with Gasteiger partial charge in [-0.15, -0.1) is 11.3 Å². The predicted octanol–water partition coefficient (Wildman–Crippen LogP) is 2.16. The maximum atomic E-state index is 12.0. The number of hydrogen-bond acceptors (Lipinski definition) is 5. The van der Waals surface area contributed by atoms with Gasteiger partial charge >= 0.3 is 0 Å². The Bertz CT molecular complexity index is 565. The largest absolute Gasteiger partial charge is 0.363 e. The lowest BCUT2D eigenvalue weighted by molar-refractivity contribution is 0.102. The van der Waals surface area contributed by atoms with Gasteiger partial charge in [-0.25, -0.2) is 9.97 Å². The molecule has 0 aliphatic carbocycles. The molecule has 1 amide bonds. The van der Waals surface area contributed by atoms with Crippen LogP contribution in [0.2, 0.25) is 0 Å². The topological polar surface area (TPSA) is 58.1 Å². The molecule has 0 saturated heterocycles. The first-order valence-electron chi connectivity index (χ1n) is 5.43. The number of aromatic nitrogens is 2. The third-order valence-electron chi connectivity index (χ3n) is 2.31. The summed E-state index contributed by atoms with van der Waals surface area (Å²) in [5.74, 6) is 0.577. The number of aryl methyl sites for hydroxylation is 1.